The van der Waals surface area contributed by atoms with Crippen LogP contribution < -0.4 is 4.90 Å². The zero-order valence-electron chi connectivity index (χ0n) is 9.49. The Labute approximate surface area is 116 Å². The molecule has 1 aromatic heterocycles. The fraction of sp³-hybridized carbons (Fsp3) is 0.600. The monoisotopic (exact) mass is 372 g/mol. The second-order valence-corrected chi connectivity index (χ2v) is 5.23. The number of rotatable bonds is 2. The lowest BCUT2D eigenvalue weighted by Gasteiger charge is -2.35. The first-order valence-electron chi connectivity index (χ1n) is 5.45. The Bertz CT molecular complexity index is 404. The van der Waals surface area contributed by atoms with Crippen molar-refractivity contribution in [2.75, 3.05) is 37.6 Å². The normalized spacial score (nSPS) is 18.1. The topological polar surface area (TPSA) is 32.3 Å². The Morgan fingerprint density at radius 2 is 1.89 bits per heavy atom. The molecule has 0 aromatic carbocycles. The summed E-state index contributed by atoms with van der Waals surface area (Å²) in [5.74, 6) is 0.803. The molecular formula is C10H12F3IN4. The molecule has 0 saturated carbocycles. The van der Waals surface area contributed by atoms with E-state index in [1.54, 1.807) is 6.20 Å². The second-order valence-electron chi connectivity index (χ2n) is 4.07. The number of piperazine rings is 1. The van der Waals surface area contributed by atoms with Gasteiger partial charge in [0.15, 0.2) is 0 Å². The van der Waals surface area contributed by atoms with Crippen molar-refractivity contribution in [1.82, 2.24) is 14.9 Å². The fourth-order valence-corrected chi connectivity index (χ4v) is 2.55. The summed E-state index contributed by atoms with van der Waals surface area (Å²) in [6, 6.07) is 0. The van der Waals surface area contributed by atoms with Crippen LogP contribution in [-0.2, 0) is 0 Å². The molecule has 0 N–H and O–H groups in total. The van der Waals surface area contributed by atoms with Gasteiger partial charge in [0.2, 0.25) is 0 Å². The van der Waals surface area contributed by atoms with E-state index >= 15 is 0 Å². The minimum absolute atomic E-state index is 0.402. The van der Waals surface area contributed by atoms with E-state index in [0.29, 0.717) is 26.2 Å². The van der Waals surface area contributed by atoms with Crippen molar-refractivity contribution < 1.29 is 13.2 Å². The van der Waals surface area contributed by atoms with Gasteiger partial charge >= 0.3 is 6.18 Å². The number of alkyl halides is 3. The lowest BCUT2D eigenvalue weighted by atomic mass is 10.3. The van der Waals surface area contributed by atoms with Crippen LogP contribution in [0, 0.1) is 3.57 Å². The number of anilines is 1. The van der Waals surface area contributed by atoms with Gasteiger partial charge in [-0.3, -0.25) is 4.90 Å². The molecule has 1 saturated heterocycles. The van der Waals surface area contributed by atoms with E-state index < -0.39 is 12.7 Å². The molecule has 0 amide bonds. The fourth-order valence-electron chi connectivity index (χ4n) is 1.91. The first kappa shape index (κ1) is 13.8. The van der Waals surface area contributed by atoms with Gasteiger partial charge in [0.1, 0.15) is 12.1 Å². The van der Waals surface area contributed by atoms with Crippen LogP contribution >= 0.6 is 22.6 Å². The van der Waals surface area contributed by atoms with Crippen molar-refractivity contribution in [3.8, 4) is 0 Å². The van der Waals surface area contributed by atoms with Crippen molar-refractivity contribution in [3.05, 3.63) is 16.1 Å². The van der Waals surface area contributed by atoms with E-state index in [4.69, 9.17) is 0 Å². The average molecular weight is 372 g/mol. The summed E-state index contributed by atoms with van der Waals surface area (Å²) < 4.78 is 37.7. The standard InChI is InChI=1S/C10H12F3IN4/c11-10(12,13)6-17-1-3-18(4-2-17)9-8(14)5-15-7-16-9/h5,7H,1-4,6H2. The van der Waals surface area contributed by atoms with Gasteiger partial charge < -0.3 is 4.90 Å². The Kier molecular flexibility index (Phi) is 4.25. The van der Waals surface area contributed by atoms with Gasteiger partial charge in [-0.2, -0.15) is 13.2 Å². The van der Waals surface area contributed by atoms with Crippen LogP contribution in [0.5, 0.6) is 0 Å². The van der Waals surface area contributed by atoms with E-state index in [2.05, 4.69) is 32.6 Å². The molecule has 0 atom stereocenters. The molecule has 0 unspecified atom stereocenters. The SMILES string of the molecule is FC(F)(F)CN1CCN(c2ncncc2I)CC1. The highest BCUT2D eigenvalue weighted by Crippen LogP contribution is 2.21. The van der Waals surface area contributed by atoms with Crippen LogP contribution in [-0.4, -0.2) is 53.8 Å². The highest BCUT2D eigenvalue weighted by Gasteiger charge is 2.32. The molecule has 1 aliphatic rings. The molecule has 0 spiro atoms. The molecule has 18 heavy (non-hydrogen) atoms. The summed E-state index contributed by atoms with van der Waals surface area (Å²) in [5, 5.41) is 0. The third kappa shape index (κ3) is 3.67. The molecule has 4 nitrogen and oxygen atoms in total. The molecule has 1 fully saturated rings. The van der Waals surface area contributed by atoms with Crippen LogP contribution in [0.1, 0.15) is 0 Å². The Morgan fingerprint density at radius 1 is 1.22 bits per heavy atom. The van der Waals surface area contributed by atoms with Crippen LogP contribution in [0.3, 0.4) is 0 Å². The van der Waals surface area contributed by atoms with Gasteiger partial charge in [-0.25, -0.2) is 9.97 Å². The summed E-state index contributed by atoms with van der Waals surface area (Å²) in [5.41, 5.74) is 0. The maximum atomic E-state index is 12.2. The lowest BCUT2D eigenvalue weighted by molar-refractivity contribution is -0.146. The van der Waals surface area contributed by atoms with Crippen molar-refractivity contribution in [2.24, 2.45) is 0 Å². The van der Waals surface area contributed by atoms with Crippen LogP contribution in [0.25, 0.3) is 0 Å². The third-order valence-electron chi connectivity index (χ3n) is 2.72. The van der Waals surface area contributed by atoms with Gasteiger partial charge in [0, 0.05) is 32.4 Å². The van der Waals surface area contributed by atoms with Gasteiger partial charge in [-0.15, -0.1) is 0 Å². The number of hydrogen-bond acceptors (Lipinski definition) is 4. The van der Waals surface area contributed by atoms with Gasteiger partial charge in [-0.05, 0) is 22.6 Å². The lowest BCUT2D eigenvalue weighted by Crippen LogP contribution is -2.49. The molecular weight excluding hydrogens is 360 g/mol. The first-order chi connectivity index (χ1) is 8.46. The maximum Gasteiger partial charge on any atom is 0.401 e. The first-order valence-corrected chi connectivity index (χ1v) is 6.53. The summed E-state index contributed by atoms with van der Waals surface area (Å²) in [6.45, 7) is 1.09. The minimum atomic E-state index is -4.12. The number of halogens is 4. The molecule has 2 heterocycles. The van der Waals surface area contributed by atoms with Crippen molar-refractivity contribution in [2.45, 2.75) is 6.18 Å². The molecule has 0 aliphatic carbocycles. The Hall–Kier alpha value is -0.640. The number of hydrogen-bond donors (Lipinski definition) is 0. The summed E-state index contributed by atoms with van der Waals surface area (Å²) >= 11 is 2.13. The largest absolute Gasteiger partial charge is 0.401 e. The molecule has 1 aliphatic heterocycles. The molecule has 0 bridgehead atoms. The van der Waals surface area contributed by atoms with Crippen molar-refractivity contribution in [3.63, 3.8) is 0 Å². The van der Waals surface area contributed by atoms with E-state index in [1.807, 2.05) is 4.90 Å². The van der Waals surface area contributed by atoms with Crippen molar-refractivity contribution in [1.29, 1.82) is 0 Å². The number of aromatic nitrogens is 2. The minimum Gasteiger partial charge on any atom is -0.353 e. The van der Waals surface area contributed by atoms with Crippen LogP contribution in [0.15, 0.2) is 12.5 Å². The average Bonchev–Trinajstić information content (AvgIpc) is 2.29. The second kappa shape index (κ2) is 5.55. The summed E-state index contributed by atoms with van der Waals surface area (Å²) in [7, 11) is 0. The molecule has 1 aromatic rings. The van der Waals surface area contributed by atoms with Crippen molar-refractivity contribution >= 4 is 28.4 Å². The summed E-state index contributed by atoms with van der Waals surface area (Å²) in [6.07, 6.45) is -0.962. The third-order valence-corrected chi connectivity index (χ3v) is 3.48. The predicted octanol–water partition coefficient (Wildman–Crippen LogP) is 1.77. The van der Waals surface area contributed by atoms with Crippen LogP contribution in [0.4, 0.5) is 19.0 Å². The molecule has 0 radical (unpaired) electrons. The molecule has 8 heteroatoms. The quantitative estimate of drug-likeness (QED) is 0.741. The number of nitrogens with zero attached hydrogens (tertiary/aromatic N) is 4. The van der Waals surface area contributed by atoms with Gasteiger partial charge in [0.05, 0.1) is 10.1 Å². The predicted molar refractivity (Wildman–Crippen MR) is 69.5 cm³/mol. The Morgan fingerprint density at radius 3 is 2.44 bits per heavy atom. The molecule has 2 rings (SSSR count). The van der Waals surface area contributed by atoms with Crippen LogP contribution in [0.2, 0.25) is 0 Å². The van der Waals surface area contributed by atoms with E-state index in [-0.39, 0.29) is 0 Å². The Balaban J connectivity index is 1.93. The van der Waals surface area contributed by atoms with E-state index in [1.165, 1.54) is 11.2 Å². The van der Waals surface area contributed by atoms with Gasteiger partial charge in [-0.1, -0.05) is 0 Å². The zero-order chi connectivity index (χ0) is 13.2. The highest BCUT2D eigenvalue weighted by atomic mass is 127. The van der Waals surface area contributed by atoms with Gasteiger partial charge in [0.25, 0.3) is 0 Å². The van der Waals surface area contributed by atoms with E-state index in [0.717, 1.165) is 9.39 Å². The smallest absolute Gasteiger partial charge is 0.353 e. The van der Waals surface area contributed by atoms with E-state index in [9.17, 15) is 13.2 Å². The summed E-state index contributed by atoms with van der Waals surface area (Å²) in [4.78, 5) is 11.5. The zero-order valence-corrected chi connectivity index (χ0v) is 11.6. The maximum absolute atomic E-state index is 12.2. The molecule has 100 valence electrons. The highest BCUT2D eigenvalue weighted by molar-refractivity contribution is 14.1.